The number of carbonyl (C=O) groups is 2. The van der Waals surface area contributed by atoms with Gasteiger partial charge in [0.15, 0.2) is 5.82 Å². The minimum atomic E-state index is -3.24. The predicted molar refractivity (Wildman–Crippen MR) is 178 cm³/mol. The molecule has 238 valence electrons. The van der Waals surface area contributed by atoms with Crippen LogP contribution in [-0.2, 0) is 32.6 Å². The molecule has 5 rings (SSSR count). The van der Waals surface area contributed by atoms with Crippen molar-refractivity contribution in [3.8, 4) is 17.1 Å². The molecule has 46 heavy (non-hydrogen) atoms. The lowest BCUT2D eigenvalue weighted by Crippen LogP contribution is -2.32. The molecular weight excluding hydrogens is 628 g/mol. The predicted octanol–water partition coefficient (Wildman–Crippen LogP) is 6.51. The molecule has 0 aliphatic rings. The monoisotopic (exact) mass is 660 g/mol. The summed E-state index contributed by atoms with van der Waals surface area (Å²) in [6.45, 7) is 5.37. The van der Waals surface area contributed by atoms with Crippen molar-refractivity contribution in [2.75, 3.05) is 23.5 Å². The van der Waals surface area contributed by atoms with Gasteiger partial charge < -0.3 is 14.1 Å². The summed E-state index contributed by atoms with van der Waals surface area (Å²) in [6.07, 6.45) is 2.53. The van der Waals surface area contributed by atoms with Crippen molar-refractivity contribution in [1.82, 2.24) is 14.9 Å². The third-order valence-corrected chi connectivity index (χ3v) is 8.48. The summed E-state index contributed by atoms with van der Waals surface area (Å²) in [4.78, 5) is 36.9. The fourth-order valence-corrected chi connectivity index (χ4v) is 5.75. The van der Waals surface area contributed by atoms with E-state index in [0.29, 0.717) is 56.9 Å². The first-order valence-electron chi connectivity index (χ1n) is 14.4. The number of nitrogens with zero attached hydrogens (tertiary/aromatic N) is 4. The van der Waals surface area contributed by atoms with E-state index in [2.05, 4.69) is 9.97 Å². The Balaban J connectivity index is 1.42. The highest BCUT2D eigenvalue weighted by molar-refractivity contribution is 7.90. The Kier molecular flexibility index (Phi) is 9.74. The van der Waals surface area contributed by atoms with Crippen LogP contribution in [0.15, 0.2) is 83.5 Å². The van der Waals surface area contributed by atoms with E-state index in [0.717, 1.165) is 17.4 Å². The van der Waals surface area contributed by atoms with Crippen LogP contribution >= 0.6 is 11.6 Å². The molecular formula is C34H33ClN4O6S. The van der Waals surface area contributed by atoms with Crippen molar-refractivity contribution in [3.05, 3.63) is 101 Å². The molecule has 0 saturated carbocycles. The number of ether oxygens (including phenoxy) is 1. The van der Waals surface area contributed by atoms with Crippen molar-refractivity contribution in [3.63, 3.8) is 0 Å². The van der Waals surface area contributed by atoms with Gasteiger partial charge in [-0.25, -0.2) is 18.4 Å². The number of rotatable bonds is 11. The molecule has 0 bridgehead atoms. The molecule has 2 heterocycles. The Morgan fingerprint density at radius 1 is 0.957 bits per heavy atom. The molecule has 0 aliphatic carbocycles. The first-order valence-corrected chi connectivity index (χ1v) is 16.9. The van der Waals surface area contributed by atoms with Gasteiger partial charge in [-0.2, -0.15) is 0 Å². The molecule has 0 atom stereocenters. The van der Waals surface area contributed by atoms with Gasteiger partial charge in [-0.1, -0.05) is 41.4 Å². The molecule has 2 aromatic heterocycles. The average molecular weight is 661 g/mol. The summed E-state index contributed by atoms with van der Waals surface area (Å²) in [6, 6.07) is 22.1. The minimum Gasteiger partial charge on any atom is -0.487 e. The topological polar surface area (TPSA) is 123 Å². The number of amides is 2. The van der Waals surface area contributed by atoms with Crippen LogP contribution < -0.4 is 9.64 Å². The van der Waals surface area contributed by atoms with E-state index in [-0.39, 0.29) is 30.7 Å². The van der Waals surface area contributed by atoms with Crippen molar-refractivity contribution in [1.29, 1.82) is 0 Å². The van der Waals surface area contributed by atoms with E-state index in [4.69, 9.17) is 20.8 Å². The summed E-state index contributed by atoms with van der Waals surface area (Å²) in [5.74, 6) is 1.17. The number of hydrogen-bond donors (Lipinski definition) is 0. The van der Waals surface area contributed by atoms with Gasteiger partial charge in [-0.05, 0) is 61.0 Å². The standard InChI is InChI=1S/C34H33ClN4O6S/c1-22-6-5-7-25(16-22)20-44-33-12-9-27(18-30(33)35)39(24(3)41)34-29-17-26(8-11-31(29)36-21-37-34)32-13-10-28(45-32)19-38(23(2)40)14-15-46(4,42)43/h5-13,16-18,21H,14-15,19-20H2,1-4H3. The molecule has 0 fully saturated rings. The average Bonchev–Trinajstić information content (AvgIpc) is 3.47. The van der Waals surface area contributed by atoms with E-state index in [1.807, 2.05) is 43.3 Å². The van der Waals surface area contributed by atoms with Crippen LogP contribution in [0.5, 0.6) is 5.75 Å². The van der Waals surface area contributed by atoms with Crippen molar-refractivity contribution >= 4 is 55.7 Å². The largest absolute Gasteiger partial charge is 0.487 e. The summed E-state index contributed by atoms with van der Waals surface area (Å²) in [7, 11) is -3.24. The van der Waals surface area contributed by atoms with Crippen LogP contribution in [-0.4, -0.2) is 53.7 Å². The van der Waals surface area contributed by atoms with Crippen molar-refractivity contribution < 1.29 is 27.2 Å². The second-order valence-corrected chi connectivity index (χ2v) is 13.7. The van der Waals surface area contributed by atoms with Crippen LogP contribution in [0.2, 0.25) is 5.02 Å². The Labute approximate surface area is 272 Å². The summed E-state index contributed by atoms with van der Waals surface area (Å²) in [5, 5.41) is 0.942. The third-order valence-electron chi connectivity index (χ3n) is 7.26. The maximum Gasteiger partial charge on any atom is 0.229 e. The fourth-order valence-electron chi connectivity index (χ4n) is 4.97. The Bertz CT molecular complexity index is 2030. The van der Waals surface area contributed by atoms with Crippen molar-refractivity contribution in [2.45, 2.75) is 33.9 Å². The number of benzene rings is 3. The third kappa shape index (κ3) is 7.91. The van der Waals surface area contributed by atoms with Gasteiger partial charge in [0.25, 0.3) is 0 Å². The van der Waals surface area contributed by atoms with E-state index in [1.165, 1.54) is 30.0 Å². The number of anilines is 2. The molecule has 5 aromatic rings. The summed E-state index contributed by atoms with van der Waals surface area (Å²) in [5.41, 5.74) is 3.96. The first kappa shape index (κ1) is 32.6. The van der Waals surface area contributed by atoms with Gasteiger partial charge >= 0.3 is 0 Å². The lowest BCUT2D eigenvalue weighted by atomic mass is 10.1. The Hall–Kier alpha value is -4.74. The van der Waals surface area contributed by atoms with Gasteiger partial charge in [0, 0.05) is 37.6 Å². The van der Waals surface area contributed by atoms with Crippen LogP contribution in [0.3, 0.4) is 0 Å². The molecule has 0 unspecified atom stereocenters. The molecule has 10 nitrogen and oxygen atoms in total. The second-order valence-electron chi connectivity index (χ2n) is 11.0. The number of fused-ring (bicyclic) bond motifs is 1. The SMILES string of the molecule is CC(=O)N(CCS(C)(=O)=O)Cc1ccc(-c2ccc3ncnc(N(C(C)=O)c4ccc(OCc5cccc(C)c5)c(Cl)c4)c3c2)o1. The number of sulfone groups is 1. The molecule has 2 amide bonds. The molecule has 0 saturated heterocycles. The number of furan rings is 1. The molecule has 3 aromatic carbocycles. The summed E-state index contributed by atoms with van der Waals surface area (Å²) >= 11 is 6.62. The molecule has 12 heteroatoms. The zero-order valence-electron chi connectivity index (χ0n) is 25.9. The maximum atomic E-state index is 13.1. The minimum absolute atomic E-state index is 0.0611. The van der Waals surface area contributed by atoms with E-state index in [1.54, 1.807) is 36.4 Å². The van der Waals surface area contributed by atoms with Crippen LogP contribution in [0.25, 0.3) is 22.2 Å². The molecule has 0 N–H and O–H groups in total. The van der Waals surface area contributed by atoms with Gasteiger partial charge in [0.1, 0.15) is 40.0 Å². The van der Waals surface area contributed by atoms with E-state index < -0.39 is 9.84 Å². The molecule has 0 radical (unpaired) electrons. The van der Waals surface area contributed by atoms with E-state index in [9.17, 15) is 18.0 Å². The Morgan fingerprint density at radius 3 is 2.46 bits per heavy atom. The number of carbonyl (C=O) groups excluding carboxylic acids is 2. The fraction of sp³-hybridized carbons (Fsp3) is 0.235. The van der Waals surface area contributed by atoms with Gasteiger partial charge in [0.2, 0.25) is 11.8 Å². The van der Waals surface area contributed by atoms with Gasteiger partial charge in [0.05, 0.1) is 28.5 Å². The molecule has 0 aliphatic heterocycles. The highest BCUT2D eigenvalue weighted by Crippen LogP contribution is 2.36. The molecule has 0 spiro atoms. The number of aromatic nitrogens is 2. The smallest absolute Gasteiger partial charge is 0.229 e. The zero-order chi connectivity index (χ0) is 33.0. The van der Waals surface area contributed by atoms with Gasteiger partial charge in [-0.3, -0.25) is 14.5 Å². The van der Waals surface area contributed by atoms with Crippen LogP contribution in [0, 0.1) is 6.92 Å². The van der Waals surface area contributed by atoms with Gasteiger partial charge in [-0.15, -0.1) is 0 Å². The number of aryl methyl sites for hydroxylation is 1. The van der Waals surface area contributed by atoms with Crippen LogP contribution in [0.1, 0.15) is 30.7 Å². The lowest BCUT2D eigenvalue weighted by Gasteiger charge is -2.22. The van der Waals surface area contributed by atoms with Crippen molar-refractivity contribution in [2.24, 2.45) is 0 Å². The van der Waals surface area contributed by atoms with Crippen LogP contribution in [0.4, 0.5) is 11.5 Å². The quantitative estimate of drug-likeness (QED) is 0.157. The lowest BCUT2D eigenvalue weighted by molar-refractivity contribution is -0.129. The Morgan fingerprint density at radius 2 is 1.76 bits per heavy atom. The van der Waals surface area contributed by atoms with E-state index >= 15 is 0 Å². The highest BCUT2D eigenvalue weighted by Gasteiger charge is 2.21. The zero-order valence-corrected chi connectivity index (χ0v) is 27.4. The number of hydrogen-bond acceptors (Lipinski definition) is 8. The first-order chi connectivity index (χ1) is 21.9. The second kappa shape index (κ2) is 13.7. The highest BCUT2D eigenvalue weighted by atomic mass is 35.5. The summed E-state index contributed by atoms with van der Waals surface area (Å²) < 4.78 is 35.3. The maximum absolute atomic E-state index is 13.1. The normalized spacial score (nSPS) is 11.4. The number of halogens is 1.